The summed E-state index contributed by atoms with van der Waals surface area (Å²) in [6, 6.07) is 65.2. The minimum atomic E-state index is -0.543. The standard InChI is InChI=1S/C45H29NS/c1-2-14-32(15-3-1)45(33-24-26-34(27-25-33)46-39-20-10-8-18-37(39)38-19-9-11-21-40(38)46)43-35-16-6-4-12-30(35)22-28-41(43)47-42-29-23-31-13-5-7-17-36(31)44(42)45/h1-29H. The lowest BCUT2D eigenvalue weighted by atomic mass is 9.63. The topological polar surface area (TPSA) is 4.93 Å². The van der Waals surface area contributed by atoms with Crippen molar-refractivity contribution < 1.29 is 0 Å². The molecule has 0 aliphatic carbocycles. The molecule has 0 N–H and O–H groups in total. The Morgan fingerprint density at radius 3 is 1.36 bits per heavy atom. The van der Waals surface area contributed by atoms with Gasteiger partial charge in [-0.25, -0.2) is 0 Å². The van der Waals surface area contributed by atoms with E-state index >= 15 is 0 Å². The SMILES string of the molecule is c1ccc(C2(c3ccc(-n4c5ccccc5c5ccccc54)cc3)c3c(ccc4ccccc34)Sc3ccc4ccccc4c32)cc1. The van der Waals surface area contributed by atoms with Crippen molar-refractivity contribution in [1.82, 2.24) is 4.57 Å². The highest BCUT2D eigenvalue weighted by Crippen LogP contribution is 2.59. The summed E-state index contributed by atoms with van der Waals surface area (Å²) in [7, 11) is 0. The molecular formula is C45H29NS. The molecule has 1 nitrogen and oxygen atoms in total. The molecule has 10 rings (SSSR count). The van der Waals surface area contributed by atoms with Crippen LogP contribution in [0.2, 0.25) is 0 Å². The van der Waals surface area contributed by atoms with Crippen molar-refractivity contribution in [2.75, 3.05) is 0 Å². The predicted molar refractivity (Wildman–Crippen MR) is 198 cm³/mol. The van der Waals surface area contributed by atoms with Crippen LogP contribution in [0.4, 0.5) is 0 Å². The number of aromatic nitrogens is 1. The number of rotatable bonds is 3. The molecule has 2 heteroatoms. The van der Waals surface area contributed by atoms with Crippen LogP contribution in [-0.2, 0) is 5.41 Å². The normalized spacial score (nSPS) is 13.6. The van der Waals surface area contributed by atoms with E-state index in [1.165, 1.54) is 75.4 Å². The molecule has 47 heavy (non-hydrogen) atoms. The zero-order valence-corrected chi connectivity index (χ0v) is 26.4. The molecule has 220 valence electrons. The Morgan fingerprint density at radius 2 is 0.809 bits per heavy atom. The molecule has 9 aromatic rings. The van der Waals surface area contributed by atoms with Crippen LogP contribution in [0, 0.1) is 0 Å². The monoisotopic (exact) mass is 615 g/mol. The zero-order valence-electron chi connectivity index (χ0n) is 25.6. The molecule has 1 aliphatic heterocycles. The fourth-order valence-electron chi connectivity index (χ4n) is 8.18. The van der Waals surface area contributed by atoms with Gasteiger partial charge in [0.25, 0.3) is 0 Å². The number of hydrogen-bond acceptors (Lipinski definition) is 1. The van der Waals surface area contributed by atoms with Crippen LogP contribution in [0.5, 0.6) is 0 Å². The van der Waals surface area contributed by atoms with Gasteiger partial charge in [0.05, 0.1) is 16.4 Å². The maximum atomic E-state index is 2.41. The minimum absolute atomic E-state index is 0.543. The van der Waals surface area contributed by atoms with E-state index in [2.05, 4.69) is 180 Å². The van der Waals surface area contributed by atoms with Crippen LogP contribution in [-0.4, -0.2) is 4.57 Å². The van der Waals surface area contributed by atoms with Crippen LogP contribution in [0.25, 0.3) is 49.0 Å². The Morgan fingerprint density at radius 1 is 0.362 bits per heavy atom. The van der Waals surface area contributed by atoms with E-state index in [0.717, 1.165) is 5.69 Å². The Balaban J connectivity index is 1.34. The third kappa shape index (κ3) is 3.74. The fraction of sp³-hybridized carbons (Fsp3) is 0.0222. The van der Waals surface area contributed by atoms with Gasteiger partial charge in [0.2, 0.25) is 0 Å². The van der Waals surface area contributed by atoms with Gasteiger partial charge >= 0.3 is 0 Å². The molecular weight excluding hydrogens is 587 g/mol. The van der Waals surface area contributed by atoms with Gasteiger partial charge in [-0.05, 0) is 80.2 Å². The zero-order chi connectivity index (χ0) is 31.0. The molecule has 0 radical (unpaired) electrons. The number of hydrogen-bond donors (Lipinski definition) is 0. The van der Waals surface area contributed by atoms with Crippen molar-refractivity contribution in [2.24, 2.45) is 0 Å². The van der Waals surface area contributed by atoms with Gasteiger partial charge in [0, 0.05) is 26.3 Å². The largest absolute Gasteiger partial charge is 0.309 e. The molecule has 0 amide bonds. The van der Waals surface area contributed by atoms with Crippen LogP contribution < -0.4 is 0 Å². The number of fused-ring (bicyclic) bond motifs is 9. The van der Waals surface area contributed by atoms with Gasteiger partial charge < -0.3 is 4.57 Å². The second-order valence-electron chi connectivity index (χ2n) is 12.5. The Labute approximate surface area is 277 Å². The number of para-hydroxylation sites is 2. The van der Waals surface area contributed by atoms with Crippen LogP contribution in [0.15, 0.2) is 186 Å². The van der Waals surface area contributed by atoms with Gasteiger partial charge in [0.1, 0.15) is 0 Å². The van der Waals surface area contributed by atoms with Crippen molar-refractivity contribution in [3.63, 3.8) is 0 Å². The summed E-state index contributed by atoms with van der Waals surface area (Å²) in [6.45, 7) is 0. The van der Waals surface area contributed by atoms with E-state index in [1.807, 2.05) is 11.8 Å². The molecule has 0 fully saturated rings. The van der Waals surface area contributed by atoms with Gasteiger partial charge in [-0.15, -0.1) is 0 Å². The smallest absolute Gasteiger partial charge is 0.0735 e. The van der Waals surface area contributed by atoms with Crippen LogP contribution in [0.1, 0.15) is 22.3 Å². The maximum absolute atomic E-state index is 2.41. The van der Waals surface area contributed by atoms with E-state index in [4.69, 9.17) is 0 Å². The lowest BCUT2D eigenvalue weighted by Gasteiger charge is -2.43. The lowest BCUT2D eigenvalue weighted by molar-refractivity contribution is 0.718. The second-order valence-corrected chi connectivity index (χ2v) is 13.5. The van der Waals surface area contributed by atoms with E-state index < -0.39 is 5.41 Å². The molecule has 8 aromatic carbocycles. The molecule has 1 aliphatic rings. The molecule has 0 unspecified atom stereocenters. The van der Waals surface area contributed by atoms with Gasteiger partial charge in [-0.1, -0.05) is 151 Å². The van der Waals surface area contributed by atoms with Crippen molar-refractivity contribution in [1.29, 1.82) is 0 Å². The highest BCUT2D eigenvalue weighted by Gasteiger charge is 2.46. The minimum Gasteiger partial charge on any atom is -0.309 e. The van der Waals surface area contributed by atoms with Crippen molar-refractivity contribution in [2.45, 2.75) is 15.2 Å². The van der Waals surface area contributed by atoms with Gasteiger partial charge in [0.15, 0.2) is 0 Å². The summed E-state index contributed by atoms with van der Waals surface area (Å²) in [6.07, 6.45) is 0. The quantitative estimate of drug-likeness (QED) is 0.191. The van der Waals surface area contributed by atoms with Crippen LogP contribution >= 0.6 is 11.8 Å². The average Bonchev–Trinajstić information content (AvgIpc) is 3.48. The third-order valence-electron chi connectivity index (χ3n) is 10.1. The summed E-state index contributed by atoms with van der Waals surface area (Å²) in [5.74, 6) is 0. The Kier molecular flexibility index (Phi) is 5.79. The second kappa shape index (κ2) is 10.2. The number of nitrogens with zero attached hydrogens (tertiary/aromatic N) is 1. The highest BCUT2D eigenvalue weighted by atomic mass is 32.2. The Bertz CT molecular complexity index is 2510. The molecule has 1 aromatic heterocycles. The molecule has 0 saturated carbocycles. The van der Waals surface area contributed by atoms with Crippen molar-refractivity contribution in [3.8, 4) is 5.69 Å². The first-order valence-electron chi connectivity index (χ1n) is 16.2. The summed E-state index contributed by atoms with van der Waals surface area (Å²) >= 11 is 1.90. The fourth-order valence-corrected chi connectivity index (χ4v) is 9.42. The van der Waals surface area contributed by atoms with Crippen molar-refractivity contribution in [3.05, 3.63) is 198 Å². The van der Waals surface area contributed by atoms with Gasteiger partial charge in [-0.3, -0.25) is 0 Å². The summed E-state index contributed by atoms with van der Waals surface area (Å²) in [5.41, 5.74) is 8.33. The first kappa shape index (κ1) is 26.6. The molecule has 0 atom stereocenters. The number of benzene rings is 8. The predicted octanol–water partition coefficient (Wildman–Crippen LogP) is 11.9. The molecule has 2 heterocycles. The third-order valence-corrected chi connectivity index (χ3v) is 11.2. The van der Waals surface area contributed by atoms with E-state index in [-0.39, 0.29) is 0 Å². The maximum Gasteiger partial charge on any atom is 0.0735 e. The summed E-state index contributed by atoms with van der Waals surface area (Å²) < 4.78 is 2.41. The average molecular weight is 616 g/mol. The van der Waals surface area contributed by atoms with E-state index in [9.17, 15) is 0 Å². The van der Waals surface area contributed by atoms with E-state index in [1.54, 1.807) is 0 Å². The Hall–Kier alpha value is -5.57. The van der Waals surface area contributed by atoms with Crippen LogP contribution in [0.3, 0.4) is 0 Å². The molecule has 0 bridgehead atoms. The van der Waals surface area contributed by atoms with Crippen molar-refractivity contribution >= 4 is 55.1 Å². The first-order valence-corrected chi connectivity index (χ1v) is 17.0. The highest BCUT2D eigenvalue weighted by molar-refractivity contribution is 7.99. The van der Waals surface area contributed by atoms with E-state index in [0.29, 0.717) is 0 Å². The molecule has 0 saturated heterocycles. The molecule has 0 spiro atoms. The van der Waals surface area contributed by atoms with Gasteiger partial charge in [-0.2, -0.15) is 0 Å². The first-order chi connectivity index (χ1) is 23.3. The summed E-state index contributed by atoms with van der Waals surface area (Å²) in [5, 5.41) is 7.67. The lowest BCUT2D eigenvalue weighted by Crippen LogP contribution is -2.34. The summed E-state index contributed by atoms with van der Waals surface area (Å²) in [4.78, 5) is 2.61.